The van der Waals surface area contributed by atoms with E-state index in [1.54, 1.807) is 30.2 Å². The Hall–Kier alpha value is -2.31. The van der Waals surface area contributed by atoms with E-state index in [0.717, 1.165) is 0 Å². The van der Waals surface area contributed by atoms with Crippen LogP contribution in [0.4, 0.5) is 4.79 Å². The summed E-state index contributed by atoms with van der Waals surface area (Å²) in [7, 11) is 0. The molecule has 1 aliphatic rings. The van der Waals surface area contributed by atoms with Crippen LogP contribution in [0, 0.1) is 0 Å². The number of ether oxygens (including phenoxy) is 1. The molecule has 0 saturated heterocycles. The van der Waals surface area contributed by atoms with E-state index in [0.29, 0.717) is 30.8 Å². The normalized spacial score (nSPS) is 18.5. The van der Waals surface area contributed by atoms with Crippen molar-refractivity contribution in [3.8, 4) is 0 Å². The zero-order chi connectivity index (χ0) is 14.5. The monoisotopic (exact) mass is 278 g/mol. The summed E-state index contributed by atoms with van der Waals surface area (Å²) in [5, 5.41) is 5.42. The van der Waals surface area contributed by atoms with E-state index >= 15 is 0 Å². The van der Waals surface area contributed by atoms with Gasteiger partial charge in [-0.05, 0) is 13.3 Å². The Balaban J connectivity index is 2.34. The highest BCUT2D eigenvalue weighted by atomic mass is 16.5. The van der Waals surface area contributed by atoms with Gasteiger partial charge >= 0.3 is 12.0 Å². The second kappa shape index (κ2) is 6.23. The second-order valence-corrected chi connectivity index (χ2v) is 4.41. The molecule has 0 radical (unpaired) electrons. The van der Waals surface area contributed by atoms with Crippen molar-refractivity contribution in [2.75, 3.05) is 6.61 Å². The first-order valence-corrected chi connectivity index (χ1v) is 6.59. The number of esters is 1. The number of carbonyl (C=O) groups excluding carboxylic acids is 2. The highest BCUT2D eigenvalue weighted by Crippen LogP contribution is 2.18. The van der Waals surface area contributed by atoms with Crippen molar-refractivity contribution >= 4 is 12.0 Å². The lowest BCUT2D eigenvalue weighted by molar-refractivity contribution is -0.139. The lowest BCUT2D eigenvalue weighted by Crippen LogP contribution is -2.50. The van der Waals surface area contributed by atoms with Crippen molar-refractivity contribution in [1.29, 1.82) is 0 Å². The second-order valence-electron chi connectivity index (χ2n) is 4.41. The lowest BCUT2D eigenvalue weighted by atomic mass is 10.00. The summed E-state index contributed by atoms with van der Waals surface area (Å²) < 4.78 is 6.87. The Labute approximate surface area is 117 Å². The quantitative estimate of drug-likeness (QED) is 0.780. The van der Waals surface area contributed by atoms with E-state index in [1.807, 2.05) is 6.92 Å². The molecule has 0 bridgehead atoms. The van der Waals surface area contributed by atoms with Crippen molar-refractivity contribution in [3.63, 3.8) is 0 Å². The van der Waals surface area contributed by atoms with Gasteiger partial charge in [0.2, 0.25) is 0 Å². The maximum atomic E-state index is 12.1. The SMILES string of the molecule is CCOC(=O)C1=C(Cn2ccnc2)NC(=O)N[C@H]1CC. The van der Waals surface area contributed by atoms with Crippen LogP contribution in [0.15, 0.2) is 30.0 Å². The standard InChI is InChI=1S/C13H18N4O3/c1-3-9-11(12(18)20-4-2)10(16-13(19)15-9)7-17-6-5-14-8-17/h5-6,8-9H,3-4,7H2,1-2H3,(H2,15,16,19)/t9-/m0/s1. The molecular formula is C13H18N4O3. The lowest BCUT2D eigenvalue weighted by Gasteiger charge is -2.28. The summed E-state index contributed by atoms with van der Waals surface area (Å²) in [5.41, 5.74) is 1.03. The molecule has 7 nitrogen and oxygen atoms in total. The first-order chi connectivity index (χ1) is 9.65. The molecule has 2 amide bonds. The molecule has 0 saturated carbocycles. The number of nitrogens with zero attached hydrogens (tertiary/aromatic N) is 2. The third-order valence-electron chi connectivity index (χ3n) is 3.05. The summed E-state index contributed by atoms with van der Waals surface area (Å²) in [4.78, 5) is 27.7. The molecule has 1 atom stereocenters. The fourth-order valence-corrected chi connectivity index (χ4v) is 2.15. The zero-order valence-corrected chi connectivity index (χ0v) is 11.5. The van der Waals surface area contributed by atoms with Crippen molar-refractivity contribution in [2.24, 2.45) is 0 Å². The van der Waals surface area contributed by atoms with Crippen LogP contribution in [0.3, 0.4) is 0 Å². The predicted octanol–water partition coefficient (Wildman–Crippen LogP) is 0.792. The third kappa shape index (κ3) is 2.98. The van der Waals surface area contributed by atoms with Crippen LogP contribution < -0.4 is 10.6 Å². The number of carbonyl (C=O) groups is 2. The highest BCUT2D eigenvalue weighted by Gasteiger charge is 2.31. The number of urea groups is 1. The van der Waals surface area contributed by atoms with E-state index in [4.69, 9.17) is 4.74 Å². The number of allylic oxidation sites excluding steroid dienone is 1. The van der Waals surface area contributed by atoms with Gasteiger partial charge in [-0.15, -0.1) is 0 Å². The maximum Gasteiger partial charge on any atom is 0.337 e. The number of aromatic nitrogens is 2. The number of hydrogen-bond acceptors (Lipinski definition) is 4. The molecule has 1 aliphatic heterocycles. The first kappa shape index (κ1) is 14.1. The van der Waals surface area contributed by atoms with Crippen LogP contribution >= 0.6 is 0 Å². The van der Waals surface area contributed by atoms with Gasteiger partial charge in [0.1, 0.15) is 0 Å². The third-order valence-corrected chi connectivity index (χ3v) is 3.05. The average Bonchev–Trinajstić information content (AvgIpc) is 2.91. The van der Waals surface area contributed by atoms with Crippen molar-refractivity contribution in [2.45, 2.75) is 32.9 Å². The molecular weight excluding hydrogens is 260 g/mol. The van der Waals surface area contributed by atoms with Gasteiger partial charge in [0, 0.05) is 12.4 Å². The summed E-state index contributed by atoms with van der Waals surface area (Å²) in [6, 6.07) is -0.638. The van der Waals surface area contributed by atoms with Gasteiger partial charge in [0.15, 0.2) is 0 Å². The van der Waals surface area contributed by atoms with Gasteiger partial charge in [-0.2, -0.15) is 0 Å². The largest absolute Gasteiger partial charge is 0.463 e. The van der Waals surface area contributed by atoms with Crippen molar-refractivity contribution in [1.82, 2.24) is 20.2 Å². The number of nitrogens with one attached hydrogen (secondary N) is 2. The Morgan fingerprint density at radius 1 is 1.50 bits per heavy atom. The Morgan fingerprint density at radius 3 is 2.90 bits per heavy atom. The Kier molecular flexibility index (Phi) is 4.39. The van der Waals surface area contributed by atoms with Crippen LogP contribution in [0.1, 0.15) is 20.3 Å². The smallest absolute Gasteiger partial charge is 0.337 e. The van der Waals surface area contributed by atoms with E-state index in [9.17, 15) is 9.59 Å². The molecule has 0 fully saturated rings. The summed E-state index contributed by atoms with van der Waals surface area (Å²) >= 11 is 0. The Morgan fingerprint density at radius 2 is 2.30 bits per heavy atom. The molecule has 108 valence electrons. The Bertz CT molecular complexity index is 522. The topological polar surface area (TPSA) is 85.2 Å². The minimum atomic E-state index is -0.401. The summed E-state index contributed by atoms with van der Waals surface area (Å²) in [6.45, 7) is 4.33. The van der Waals surface area contributed by atoms with Gasteiger partial charge in [-0.3, -0.25) is 0 Å². The summed E-state index contributed by atoms with van der Waals surface area (Å²) in [5.74, 6) is -0.401. The van der Waals surface area contributed by atoms with E-state index in [1.165, 1.54) is 0 Å². The van der Waals surface area contributed by atoms with Crippen LogP contribution in [-0.4, -0.2) is 34.2 Å². The fourth-order valence-electron chi connectivity index (χ4n) is 2.15. The van der Waals surface area contributed by atoms with Gasteiger partial charge < -0.3 is 19.9 Å². The minimum Gasteiger partial charge on any atom is -0.463 e. The number of hydrogen-bond donors (Lipinski definition) is 2. The molecule has 20 heavy (non-hydrogen) atoms. The van der Waals surface area contributed by atoms with E-state index in [2.05, 4.69) is 15.6 Å². The highest BCUT2D eigenvalue weighted by molar-refractivity contribution is 5.94. The van der Waals surface area contributed by atoms with Crippen molar-refractivity contribution < 1.29 is 14.3 Å². The summed E-state index contributed by atoms with van der Waals surface area (Å²) in [6.07, 6.45) is 5.66. The predicted molar refractivity (Wildman–Crippen MR) is 71.6 cm³/mol. The van der Waals surface area contributed by atoms with Gasteiger partial charge in [-0.1, -0.05) is 6.92 Å². The molecule has 0 unspecified atom stereocenters. The van der Waals surface area contributed by atoms with Crippen molar-refractivity contribution in [3.05, 3.63) is 30.0 Å². The molecule has 1 aromatic heterocycles. The fraction of sp³-hybridized carbons (Fsp3) is 0.462. The molecule has 0 spiro atoms. The average molecular weight is 278 g/mol. The van der Waals surface area contributed by atoms with Crippen LogP contribution in [-0.2, 0) is 16.1 Å². The molecule has 7 heteroatoms. The number of amides is 2. The van der Waals surface area contributed by atoms with Gasteiger partial charge in [0.25, 0.3) is 0 Å². The minimum absolute atomic E-state index is 0.297. The number of rotatable bonds is 5. The van der Waals surface area contributed by atoms with E-state index in [-0.39, 0.29) is 12.1 Å². The van der Waals surface area contributed by atoms with Crippen LogP contribution in [0.25, 0.3) is 0 Å². The number of imidazole rings is 1. The van der Waals surface area contributed by atoms with Crippen LogP contribution in [0.5, 0.6) is 0 Å². The molecule has 0 aliphatic carbocycles. The molecule has 1 aromatic rings. The molecule has 2 heterocycles. The van der Waals surface area contributed by atoms with Gasteiger partial charge in [0.05, 0.1) is 36.8 Å². The molecule has 2 N–H and O–H groups in total. The molecule has 0 aromatic carbocycles. The van der Waals surface area contributed by atoms with Crippen LogP contribution in [0.2, 0.25) is 0 Å². The zero-order valence-electron chi connectivity index (χ0n) is 11.5. The van der Waals surface area contributed by atoms with Gasteiger partial charge in [-0.25, -0.2) is 14.6 Å². The van der Waals surface area contributed by atoms with E-state index < -0.39 is 5.97 Å². The molecule has 2 rings (SSSR count). The maximum absolute atomic E-state index is 12.1. The first-order valence-electron chi connectivity index (χ1n) is 6.59.